The maximum Gasteiger partial charge on any atom is 0.303 e. The molecule has 0 unspecified atom stereocenters. The highest BCUT2D eigenvalue weighted by Gasteiger charge is 2.42. The Balaban J connectivity index is 1.21. The predicted molar refractivity (Wildman–Crippen MR) is 157 cm³/mol. The number of hydrogen-bond donors (Lipinski definition) is 3. The van der Waals surface area contributed by atoms with Gasteiger partial charge in [0.2, 0.25) is 5.91 Å². The topological polar surface area (TPSA) is 114 Å². The van der Waals surface area contributed by atoms with Crippen molar-refractivity contribution in [2.75, 3.05) is 60.9 Å². The zero-order valence-electron chi connectivity index (χ0n) is 24.5. The number of nitrogens with one attached hydrogen (secondary N) is 2. The number of rotatable bonds is 9. The number of likely N-dealkylation sites (tertiary alicyclic amines) is 1. The van der Waals surface area contributed by atoms with Crippen molar-refractivity contribution < 1.29 is 23.5 Å². The summed E-state index contributed by atoms with van der Waals surface area (Å²) in [6.45, 7) is 8.67. The number of carboxylic acid groups (broad SMARTS) is 1. The highest BCUT2D eigenvalue weighted by Crippen LogP contribution is 2.34. The molecule has 0 atom stereocenters. The molecule has 1 aromatic carbocycles. The number of carbonyl (C=O) groups excluding carboxylic acids is 1. The molecule has 4 heterocycles. The van der Waals surface area contributed by atoms with E-state index < -0.39 is 23.1 Å². The molecular weight excluding hydrogens is 544 g/mol. The zero-order valence-corrected chi connectivity index (χ0v) is 24.5. The Morgan fingerprint density at radius 2 is 1.76 bits per heavy atom. The molecule has 1 aromatic heterocycles. The molecule has 228 valence electrons. The van der Waals surface area contributed by atoms with Crippen LogP contribution in [0.3, 0.4) is 0 Å². The first-order chi connectivity index (χ1) is 20.0. The van der Waals surface area contributed by atoms with Gasteiger partial charge in [0.15, 0.2) is 0 Å². The molecule has 3 N–H and O–H groups in total. The molecule has 0 aliphatic carbocycles. The SMILES string of the molecule is CC1(C)CCN(Cc2cc(F)c(N3CC(=O)NC4(CCN(c5cc(NCCCC(=O)O)ncn5)CC4)C3)cc2F)CC1. The quantitative estimate of drug-likeness (QED) is 0.380. The molecule has 10 nitrogen and oxygen atoms in total. The van der Waals surface area contributed by atoms with Crippen LogP contribution in [-0.4, -0.2) is 83.2 Å². The van der Waals surface area contributed by atoms with Crippen LogP contribution in [-0.2, 0) is 16.1 Å². The molecule has 5 rings (SSSR count). The lowest BCUT2D eigenvalue weighted by molar-refractivity contribution is -0.137. The van der Waals surface area contributed by atoms with Gasteiger partial charge in [-0.1, -0.05) is 13.8 Å². The maximum absolute atomic E-state index is 15.4. The van der Waals surface area contributed by atoms with Crippen molar-refractivity contribution >= 4 is 29.2 Å². The van der Waals surface area contributed by atoms with E-state index in [2.05, 4.69) is 44.2 Å². The van der Waals surface area contributed by atoms with Crippen LogP contribution >= 0.6 is 0 Å². The second-order valence-corrected chi connectivity index (χ2v) is 12.7. The van der Waals surface area contributed by atoms with Crippen molar-refractivity contribution in [3.63, 3.8) is 0 Å². The highest BCUT2D eigenvalue weighted by molar-refractivity contribution is 5.84. The van der Waals surface area contributed by atoms with Gasteiger partial charge in [-0.25, -0.2) is 18.7 Å². The van der Waals surface area contributed by atoms with Crippen LogP contribution in [0, 0.1) is 17.0 Å². The first kappa shape index (κ1) is 29.9. The molecular formula is C30H41F2N7O3. The summed E-state index contributed by atoms with van der Waals surface area (Å²) >= 11 is 0. The fourth-order valence-electron chi connectivity index (χ4n) is 6.16. The molecule has 3 aliphatic heterocycles. The van der Waals surface area contributed by atoms with Crippen LogP contribution < -0.4 is 20.4 Å². The monoisotopic (exact) mass is 585 g/mol. The Bertz CT molecular complexity index is 1290. The third kappa shape index (κ3) is 7.26. The van der Waals surface area contributed by atoms with Crippen LogP contribution in [0.4, 0.5) is 26.1 Å². The molecule has 3 saturated heterocycles. The van der Waals surface area contributed by atoms with Crippen molar-refractivity contribution in [3.05, 3.63) is 41.7 Å². The molecule has 2 aromatic rings. The molecule has 0 bridgehead atoms. The largest absolute Gasteiger partial charge is 0.481 e. The number of halogens is 2. The van der Waals surface area contributed by atoms with Gasteiger partial charge in [-0.05, 0) is 56.7 Å². The summed E-state index contributed by atoms with van der Waals surface area (Å²) < 4.78 is 30.7. The van der Waals surface area contributed by atoms with E-state index in [0.29, 0.717) is 63.4 Å². The molecule has 0 saturated carbocycles. The van der Waals surface area contributed by atoms with E-state index in [1.807, 2.05) is 6.07 Å². The average Bonchev–Trinajstić information content (AvgIpc) is 2.94. The standard InChI is InChI=1S/C30H41F2N7O3/c1-29(2)5-10-37(11-6-29)17-21-14-23(32)24(15-22(21)31)39-18-27(40)36-30(19-39)7-12-38(13-8-30)26-16-25(34-20-35-26)33-9-3-4-28(41)42/h14-16,20H,3-13,17-19H2,1-2H3,(H,36,40)(H,41,42)(H,33,34,35). The molecule has 3 fully saturated rings. The molecule has 0 radical (unpaired) electrons. The van der Waals surface area contributed by atoms with Gasteiger partial charge in [0.25, 0.3) is 0 Å². The number of nitrogens with zero attached hydrogens (tertiary/aromatic N) is 5. The average molecular weight is 586 g/mol. The molecule has 42 heavy (non-hydrogen) atoms. The molecule has 3 aliphatic rings. The second-order valence-electron chi connectivity index (χ2n) is 12.7. The molecule has 1 spiro atoms. The van der Waals surface area contributed by atoms with Gasteiger partial charge in [-0.15, -0.1) is 0 Å². The number of hydrogen-bond acceptors (Lipinski definition) is 8. The van der Waals surface area contributed by atoms with Crippen LogP contribution in [0.2, 0.25) is 0 Å². The maximum atomic E-state index is 15.4. The number of carboxylic acids is 1. The third-order valence-corrected chi connectivity index (χ3v) is 8.86. The number of aromatic nitrogens is 2. The zero-order chi connectivity index (χ0) is 29.9. The van der Waals surface area contributed by atoms with Crippen molar-refractivity contribution in [2.45, 2.75) is 64.5 Å². The van der Waals surface area contributed by atoms with Crippen molar-refractivity contribution in [1.82, 2.24) is 20.2 Å². The first-order valence-electron chi connectivity index (χ1n) is 14.8. The Morgan fingerprint density at radius 3 is 2.48 bits per heavy atom. The van der Waals surface area contributed by atoms with Gasteiger partial charge in [0.05, 0.1) is 17.8 Å². The summed E-state index contributed by atoms with van der Waals surface area (Å²) in [6.07, 6.45) is 5.34. The number of piperidine rings is 2. The third-order valence-electron chi connectivity index (χ3n) is 8.86. The summed E-state index contributed by atoms with van der Waals surface area (Å²) in [5.74, 6) is -0.631. The van der Waals surface area contributed by atoms with Gasteiger partial charge in [0.1, 0.15) is 29.6 Å². The minimum Gasteiger partial charge on any atom is -0.481 e. The van der Waals surface area contributed by atoms with Gasteiger partial charge >= 0.3 is 5.97 Å². The van der Waals surface area contributed by atoms with E-state index in [1.54, 1.807) is 4.90 Å². The fourth-order valence-corrected chi connectivity index (χ4v) is 6.16. The summed E-state index contributed by atoms with van der Waals surface area (Å²) in [5.41, 5.74) is 0.201. The number of amides is 1. The number of aliphatic carboxylic acids is 1. The Morgan fingerprint density at radius 1 is 1.02 bits per heavy atom. The highest BCUT2D eigenvalue weighted by atomic mass is 19.1. The number of carbonyl (C=O) groups is 2. The lowest BCUT2D eigenvalue weighted by atomic mass is 9.82. The van der Waals surface area contributed by atoms with E-state index in [-0.39, 0.29) is 30.0 Å². The van der Waals surface area contributed by atoms with Gasteiger partial charge in [-0.3, -0.25) is 14.5 Å². The van der Waals surface area contributed by atoms with E-state index in [4.69, 9.17) is 5.11 Å². The fraction of sp³-hybridized carbons (Fsp3) is 0.600. The van der Waals surface area contributed by atoms with Crippen molar-refractivity contribution in [3.8, 4) is 0 Å². The van der Waals surface area contributed by atoms with Crippen LogP contribution in [0.15, 0.2) is 24.5 Å². The summed E-state index contributed by atoms with van der Waals surface area (Å²) in [4.78, 5) is 38.1. The Hall–Kier alpha value is -3.54. The van der Waals surface area contributed by atoms with E-state index in [1.165, 1.54) is 18.5 Å². The minimum absolute atomic E-state index is 0.0226. The number of anilines is 3. The lowest BCUT2D eigenvalue weighted by Gasteiger charge is -2.48. The summed E-state index contributed by atoms with van der Waals surface area (Å²) in [7, 11) is 0. The number of piperazine rings is 1. The van der Waals surface area contributed by atoms with Gasteiger partial charge in [-0.2, -0.15) is 0 Å². The summed E-state index contributed by atoms with van der Waals surface area (Å²) in [6, 6.07) is 4.38. The van der Waals surface area contributed by atoms with Crippen LogP contribution in [0.5, 0.6) is 0 Å². The lowest BCUT2D eigenvalue weighted by Crippen LogP contribution is -2.66. The molecule has 12 heteroatoms. The first-order valence-corrected chi connectivity index (χ1v) is 14.8. The Labute approximate surface area is 245 Å². The van der Waals surface area contributed by atoms with Crippen molar-refractivity contribution in [1.29, 1.82) is 0 Å². The number of benzene rings is 1. The van der Waals surface area contributed by atoms with Gasteiger partial charge < -0.3 is 25.5 Å². The van der Waals surface area contributed by atoms with E-state index in [9.17, 15) is 9.59 Å². The minimum atomic E-state index is -0.835. The van der Waals surface area contributed by atoms with Gasteiger partial charge in [0, 0.05) is 56.8 Å². The van der Waals surface area contributed by atoms with Crippen LogP contribution in [0.25, 0.3) is 0 Å². The second kappa shape index (κ2) is 12.4. The molecule has 1 amide bonds. The van der Waals surface area contributed by atoms with E-state index in [0.717, 1.165) is 31.7 Å². The Kier molecular flexibility index (Phi) is 8.81. The predicted octanol–water partition coefficient (Wildman–Crippen LogP) is 3.63. The van der Waals surface area contributed by atoms with E-state index >= 15 is 8.78 Å². The van der Waals surface area contributed by atoms with Crippen molar-refractivity contribution in [2.24, 2.45) is 5.41 Å². The normalized spacial score (nSPS) is 20.4. The summed E-state index contributed by atoms with van der Waals surface area (Å²) in [5, 5.41) is 15.1. The van der Waals surface area contributed by atoms with Crippen LogP contribution in [0.1, 0.15) is 57.9 Å². The smallest absolute Gasteiger partial charge is 0.303 e.